The first-order valence-corrected chi connectivity index (χ1v) is 5.67. The van der Waals surface area contributed by atoms with Crippen molar-refractivity contribution < 1.29 is 5.11 Å². The normalized spacial score (nSPS) is 10.7. The molecule has 3 aromatic rings. The third-order valence-electron chi connectivity index (χ3n) is 2.97. The molecule has 18 heavy (non-hydrogen) atoms. The fourth-order valence-electron chi connectivity index (χ4n) is 2.10. The molecule has 0 aliphatic rings. The Morgan fingerprint density at radius 3 is 2.17 bits per heavy atom. The number of nitrogens with one attached hydrogen (secondary N) is 1. The molecule has 0 radical (unpaired) electrons. The summed E-state index contributed by atoms with van der Waals surface area (Å²) in [5.74, 6) is -0.231. The summed E-state index contributed by atoms with van der Waals surface area (Å²) in [4.78, 5) is 14.5. The minimum atomic E-state index is -0.465. The number of aromatic nitrogens is 1. The molecule has 0 saturated heterocycles. The number of benzene rings is 2. The lowest BCUT2D eigenvalue weighted by Crippen LogP contribution is -2.07. The van der Waals surface area contributed by atoms with Crippen molar-refractivity contribution in [3.8, 4) is 17.0 Å². The lowest BCUT2D eigenvalue weighted by molar-refractivity contribution is 0.473. The molecule has 3 heteroatoms. The van der Waals surface area contributed by atoms with Gasteiger partial charge in [0.15, 0.2) is 5.75 Å². The molecule has 0 aliphatic heterocycles. The SMILES string of the molecule is O=c1[nH]c(-c2ccccc2)c2ccccc2c1O. The van der Waals surface area contributed by atoms with Crippen LogP contribution in [0.25, 0.3) is 22.0 Å². The van der Waals surface area contributed by atoms with Crippen molar-refractivity contribution in [1.82, 2.24) is 4.98 Å². The van der Waals surface area contributed by atoms with E-state index in [1.807, 2.05) is 42.5 Å². The summed E-state index contributed by atoms with van der Waals surface area (Å²) in [6.07, 6.45) is 0. The van der Waals surface area contributed by atoms with Crippen LogP contribution in [0.4, 0.5) is 0 Å². The molecule has 3 rings (SSSR count). The van der Waals surface area contributed by atoms with Crippen molar-refractivity contribution in [2.24, 2.45) is 0 Å². The van der Waals surface area contributed by atoms with Crippen molar-refractivity contribution in [2.45, 2.75) is 0 Å². The number of aromatic amines is 1. The van der Waals surface area contributed by atoms with Gasteiger partial charge >= 0.3 is 0 Å². The Morgan fingerprint density at radius 2 is 1.44 bits per heavy atom. The number of hydrogen-bond acceptors (Lipinski definition) is 2. The van der Waals surface area contributed by atoms with E-state index in [1.54, 1.807) is 12.1 Å². The van der Waals surface area contributed by atoms with Gasteiger partial charge in [-0.15, -0.1) is 0 Å². The standard InChI is InChI=1S/C15H11NO2/c17-14-12-9-5-4-8-11(12)13(16-15(14)18)10-6-2-1-3-7-10/h1-9,17H,(H,16,18). The Labute approximate surface area is 103 Å². The highest BCUT2D eigenvalue weighted by atomic mass is 16.3. The van der Waals surface area contributed by atoms with E-state index in [2.05, 4.69) is 4.98 Å². The molecule has 0 spiro atoms. The van der Waals surface area contributed by atoms with E-state index >= 15 is 0 Å². The van der Waals surface area contributed by atoms with Crippen LogP contribution in [0.5, 0.6) is 5.75 Å². The average molecular weight is 237 g/mol. The molecular formula is C15H11NO2. The Morgan fingerprint density at radius 1 is 0.833 bits per heavy atom. The molecule has 88 valence electrons. The fraction of sp³-hybridized carbons (Fsp3) is 0. The molecule has 0 fully saturated rings. The van der Waals surface area contributed by atoms with E-state index < -0.39 is 5.56 Å². The predicted octanol–water partition coefficient (Wildman–Crippen LogP) is 2.90. The monoisotopic (exact) mass is 237 g/mol. The van der Waals surface area contributed by atoms with Crippen LogP contribution in [0.2, 0.25) is 0 Å². The molecule has 0 bridgehead atoms. The number of fused-ring (bicyclic) bond motifs is 1. The molecule has 0 atom stereocenters. The van der Waals surface area contributed by atoms with Gasteiger partial charge in [-0.05, 0) is 5.56 Å². The molecule has 2 N–H and O–H groups in total. The molecular weight excluding hydrogens is 226 g/mol. The molecule has 0 saturated carbocycles. The summed E-state index contributed by atoms with van der Waals surface area (Å²) in [6.45, 7) is 0. The predicted molar refractivity (Wildman–Crippen MR) is 71.7 cm³/mol. The molecule has 0 amide bonds. The van der Waals surface area contributed by atoms with Gasteiger partial charge in [-0.3, -0.25) is 4.79 Å². The molecule has 3 nitrogen and oxygen atoms in total. The van der Waals surface area contributed by atoms with E-state index in [-0.39, 0.29) is 5.75 Å². The zero-order chi connectivity index (χ0) is 12.5. The van der Waals surface area contributed by atoms with Gasteiger partial charge < -0.3 is 10.1 Å². The Bertz CT molecular complexity index is 760. The summed E-state index contributed by atoms with van der Waals surface area (Å²) in [5, 5.41) is 11.2. The first kappa shape index (κ1) is 10.6. The van der Waals surface area contributed by atoms with Gasteiger partial charge in [0.25, 0.3) is 5.56 Å². The van der Waals surface area contributed by atoms with Gasteiger partial charge in [0.1, 0.15) is 0 Å². The van der Waals surface area contributed by atoms with Crippen LogP contribution in [0, 0.1) is 0 Å². The van der Waals surface area contributed by atoms with Gasteiger partial charge in [-0.1, -0.05) is 54.6 Å². The lowest BCUT2D eigenvalue weighted by atomic mass is 10.0. The highest BCUT2D eigenvalue weighted by Crippen LogP contribution is 2.28. The summed E-state index contributed by atoms with van der Waals surface area (Å²) >= 11 is 0. The molecule has 1 aromatic heterocycles. The van der Waals surface area contributed by atoms with Crippen molar-refractivity contribution in [3.05, 3.63) is 65.0 Å². The van der Waals surface area contributed by atoms with E-state index in [1.165, 1.54) is 0 Å². The lowest BCUT2D eigenvalue weighted by Gasteiger charge is -2.07. The molecule has 2 aromatic carbocycles. The maximum absolute atomic E-state index is 11.7. The minimum absolute atomic E-state index is 0.231. The third-order valence-corrected chi connectivity index (χ3v) is 2.97. The van der Waals surface area contributed by atoms with Crippen molar-refractivity contribution in [3.63, 3.8) is 0 Å². The second-order valence-electron chi connectivity index (χ2n) is 4.09. The highest BCUT2D eigenvalue weighted by Gasteiger charge is 2.10. The van der Waals surface area contributed by atoms with Gasteiger partial charge in [-0.2, -0.15) is 0 Å². The summed E-state index contributed by atoms with van der Waals surface area (Å²) in [7, 11) is 0. The second kappa shape index (κ2) is 4.04. The first-order valence-electron chi connectivity index (χ1n) is 5.67. The zero-order valence-corrected chi connectivity index (χ0v) is 9.55. The topological polar surface area (TPSA) is 53.1 Å². The van der Waals surface area contributed by atoms with Gasteiger partial charge in [0.05, 0.1) is 5.69 Å². The highest BCUT2D eigenvalue weighted by molar-refractivity contribution is 5.97. The number of aromatic hydroxyl groups is 1. The fourth-order valence-corrected chi connectivity index (χ4v) is 2.10. The van der Waals surface area contributed by atoms with E-state index in [0.29, 0.717) is 5.39 Å². The Balaban J connectivity index is 2.44. The van der Waals surface area contributed by atoms with Crippen LogP contribution in [0.1, 0.15) is 0 Å². The first-order chi connectivity index (χ1) is 8.77. The van der Waals surface area contributed by atoms with E-state index in [9.17, 15) is 9.90 Å². The Kier molecular flexibility index (Phi) is 2.38. The molecule has 0 unspecified atom stereocenters. The van der Waals surface area contributed by atoms with Gasteiger partial charge in [-0.25, -0.2) is 0 Å². The van der Waals surface area contributed by atoms with Crippen molar-refractivity contribution >= 4 is 10.8 Å². The largest absolute Gasteiger partial charge is 0.503 e. The second-order valence-corrected chi connectivity index (χ2v) is 4.09. The van der Waals surface area contributed by atoms with Crippen LogP contribution in [0.15, 0.2) is 59.4 Å². The van der Waals surface area contributed by atoms with Crippen molar-refractivity contribution in [1.29, 1.82) is 0 Å². The van der Waals surface area contributed by atoms with Crippen molar-refractivity contribution in [2.75, 3.05) is 0 Å². The third kappa shape index (κ3) is 1.57. The smallest absolute Gasteiger partial charge is 0.291 e. The van der Waals surface area contributed by atoms with Crippen LogP contribution in [-0.2, 0) is 0 Å². The number of pyridine rings is 1. The van der Waals surface area contributed by atoms with E-state index in [0.717, 1.165) is 16.6 Å². The quantitative estimate of drug-likeness (QED) is 0.683. The average Bonchev–Trinajstić information content (AvgIpc) is 2.44. The molecule has 0 aliphatic carbocycles. The summed E-state index contributed by atoms with van der Waals surface area (Å²) in [6, 6.07) is 16.9. The zero-order valence-electron chi connectivity index (χ0n) is 9.55. The number of hydrogen-bond donors (Lipinski definition) is 2. The van der Waals surface area contributed by atoms with Gasteiger partial charge in [0, 0.05) is 10.8 Å². The molecule has 1 heterocycles. The summed E-state index contributed by atoms with van der Waals surface area (Å²) in [5.41, 5.74) is 1.19. The maximum Gasteiger partial charge on any atom is 0.291 e. The van der Waals surface area contributed by atoms with Crippen LogP contribution in [-0.4, -0.2) is 10.1 Å². The maximum atomic E-state index is 11.7. The van der Waals surface area contributed by atoms with Crippen LogP contribution >= 0.6 is 0 Å². The Hall–Kier alpha value is -2.55. The number of rotatable bonds is 1. The van der Waals surface area contributed by atoms with Gasteiger partial charge in [0.2, 0.25) is 0 Å². The van der Waals surface area contributed by atoms with E-state index in [4.69, 9.17) is 0 Å². The van der Waals surface area contributed by atoms with Crippen LogP contribution < -0.4 is 5.56 Å². The van der Waals surface area contributed by atoms with Crippen LogP contribution in [0.3, 0.4) is 0 Å². The summed E-state index contributed by atoms with van der Waals surface area (Å²) < 4.78 is 0. The number of H-pyrrole nitrogens is 1. The minimum Gasteiger partial charge on any atom is -0.503 e.